The van der Waals surface area contributed by atoms with Crippen LogP contribution in [0.4, 0.5) is 0 Å². The fraction of sp³-hybridized carbons (Fsp3) is 0.333. The third-order valence-corrected chi connectivity index (χ3v) is 3.51. The summed E-state index contributed by atoms with van der Waals surface area (Å²) < 4.78 is 0. The standard InChI is InChI=1S/C18H22O4/c1-3-4-10-15(13(2)17(19)20)12-16(18(21)22)11-14-8-6-5-7-9-14/h5-9,12,15H,2-4,10-11H2,1H3,(H,19,20)(H,21,22). The topological polar surface area (TPSA) is 74.6 Å². The summed E-state index contributed by atoms with van der Waals surface area (Å²) in [5.74, 6) is -2.56. The van der Waals surface area contributed by atoms with Gasteiger partial charge in [-0.15, -0.1) is 0 Å². The Bertz CT molecular complexity index is 558. The maximum Gasteiger partial charge on any atom is 0.331 e. The van der Waals surface area contributed by atoms with Gasteiger partial charge in [0.15, 0.2) is 0 Å². The lowest BCUT2D eigenvalue weighted by atomic mass is 9.90. The summed E-state index contributed by atoms with van der Waals surface area (Å²) in [6.07, 6.45) is 4.14. The zero-order chi connectivity index (χ0) is 16.5. The fourth-order valence-electron chi connectivity index (χ4n) is 2.21. The van der Waals surface area contributed by atoms with Gasteiger partial charge in [0.25, 0.3) is 0 Å². The molecule has 0 heterocycles. The molecule has 0 aliphatic rings. The lowest BCUT2D eigenvalue weighted by molar-refractivity contribution is -0.134. The maximum atomic E-state index is 11.5. The van der Waals surface area contributed by atoms with Crippen molar-refractivity contribution in [3.8, 4) is 0 Å². The van der Waals surface area contributed by atoms with Gasteiger partial charge in [0.1, 0.15) is 0 Å². The van der Waals surface area contributed by atoms with Gasteiger partial charge in [-0.1, -0.05) is 62.8 Å². The van der Waals surface area contributed by atoms with Crippen LogP contribution < -0.4 is 0 Å². The number of rotatable bonds is 9. The van der Waals surface area contributed by atoms with E-state index in [2.05, 4.69) is 6.58 Å². The largest absolute Gasteiger partial charge is 0.478 e. The van der Waals surface area contributed by atoms with E-state index in [4.69, 9.17) is 5.11 Å². The first-order valence-corrected chi connectivity index (χ1v) is 7.35. The third kappa shape index (κ3) is 5.56. The Labute approximate surface area is 130 Å². The molecule has 0 aliphatic carbocycles. The second kappa shape index (κ2) is 8.82. The zero-order valence-electron chi connectivity index (χ0n) is 12.8. The van der Waals surface area contributed by atoms with Crippen LogP contribution in [0, 0.1) is 5.92 Å². The Hall–Kier alpha value is -2.36. The van der Waals surface area contributed by atoms with Crippen LogP contribution in [0.1, 0.15) is 31.7 Å². The molecule has 0 fully saturated rings. The van der Waals surface area contributed by atoms with Crippen molar-refractivity contribution in [2.24, 2.45) is 5.92 Å². The molecule has 0 bridgehead atoms. The number of allylic oxidation sites excluding steroid dienone is 1. The van der Waals surface area contributed by atoms with Gasteiger partial charge >= 0.3 is 11.9 Å². The van der Waals surface area contributed by atoms with Crippen molar-refractivity contribution < 1.29 is 19.8 Å². The highest BCUT2D eigenvalue weighted by Crippen LogP contribution is 2.22. The van der Waals surface area contributed by atoms with Crippen molar-refractivity contribution in [2.45, 2.75) is 32.6 Å². The molecule has 0 aliphatic heterocycles. The fourth-order valence-corrected chi connectivity index (χ4v) is 2.21. The van der Waals surface area contributed by atoms with Crippen molar-refractivity contribution in [1.82, 2.24) is 0 Å². The van der Waals surface area contributed by atoms with Crippen LogP contribution in [0.3, 0.4) is 0 Å². The average Bonchev–Trinajstić information content (AvgIpc) is 2.50. The first-order valence-electron chi connectivity index (χ1n) is 7.35. The van der Waals surface area contributed by atoms with Crippen LogP contribution in [0.15, 0.2) is 54.1 Å². The van der Waals surface area contributed by atoms with E-state index in [9.17, 15) is 14.7 Å². The molecule has 22 heavy (non-hydrogen) atoms. The molecule has 118 valence electrons. The van der Waals surface area contributed by atoms with Gasteiger partial charge in [-0.05, 0) is 12.0 Å². The second-order valence-corrected chi connectivity index (χ2v) is 5.24. The summed E-state index contributed by atoms with van der Waals surface area (Å²) in [6.45, 7) is 5.60. The monoisotopic (exact) mass is 302 g/mol. The molecule has 0 spiro atoms. The van der Waals surface area contributed by atoms with Crippen LogP contribution in [0.5, 0.6) is 0 Å². The van der Waals surface area contributed by atoms with Gasteiger partial charge in [-0.3, -0.25) is 0 Å². The molecule has 2 N–H and O–H groups in total. The normalized spacial score (nSPS) is 12.7. The SMILES string of the molecule is C=C(C(=O)O)C(C=C(Cc1ccccc1)C(=O)O)CCCC. The highest BCUT2D eigenvalue weighted by Gasteiger charge is 2.19. The number of hydrogen-bond acceptors (Lipinski definition) is 2. The van der Waals surface area contributed by atoms with E-state index in [0.29, 0.717) is 6.42 Å². The number of unbranched alkanes of at least 4 members (excludes halogenated alkanes) is 1. The highest BCUT2D eigenvalue weighted by molar-refractivity contribution is 5.89. The molecule has 1 rings (SSSR count). The molecule has 1 atom stereocenters. The van der Waals surface area contributed by atoms with Gasteiger partial charge in [-0.2, -0.15) is 0 Å². The van der Waals surface area contributed by atoms with Gasteiger partial charge < -0.3 is 10.2 Å². The minimum Gasteiger partial charge on any atom is -0.478 e. The van der Waals surface area contributed by atoms with E-state index < -0.39 is 17.9 Å². The van der Waals surface area contributed by atoms with Crippen molar-refractivity contribution >= 4 is 11.9 Å². The molecule has 0 aromatic heterocycles. The highest BCUT2D eigenvalue weighted by atomic mass is 16.4. The predicted molar refractivity (Wildman–Crippen MR) is 85.7 cm³/mol. The van der Waals surface area contributed by atoms with Gasteiger partial charge in [0.2, 0.25) is 0 Å². The van der Waals surface area contributed by atoms with Crippen LogP contribution in [0.25, 0.3) is 0 Å². The molecule has 0 saturated carbocycles. The molecule has 4 heteroatoms. The average molecular weight is 302 g/mol. The van der Waals surface area contributed by atoms with E-state index in [1.165, 1.54) is 0 Å². The van der Waals surface area contributed by atoms with E-state index >= 15 is 0 Å². The molecule has 0 saturated heterocycles. The van der Waals surface area contributed by atoms with Gasteiger partial charge in [0.05, 0.1) is 0 Å². The predicted octanol–water partition coefficient (Wildman–Crippen LogP) is 3.69. The lowest BCUT2D eigenvalue weighted by Gasteiger charge is -2.14. The summed E-state index contributed by atoms with van der Waals surface area (Å²) in [6, 6.07) is 9.26. The van der Waals surface area contributed by atoms with Gasteiger partial charge in [0, 0.05) is 23.5 Å². The second-order valence-electron chi connectivity index (χ2n) is 5.24. The Morgan fingerprint density at radius 3 is 2.32 bits per heavy atom. The van der Waals surface area contributed by atoms with Crippen LogP contribution in [0.2, 0.25) is 0 Å². The Morgan fingerprint density at radius 2 is 1.82 bits per heavy atom. The maximum absolute atomic E-state index is 11.5. The van der Waals surface area contributed by atoms with Crippen molar-refractivity contribution in [2.75, 3.05) is 0 Å². The summed E-state index contributed by atoms with van der Waals surface area (Å²) in [7, 11) is 0. The Balaban J connectivity index is 3.02. The first kappa shape index (κ1) is 17.7. The molecule has 0 amide bonds. The summed E-state index contributed by atoms with van der Waals surface area (Å²) in [4.78, 5) is 22.6. The van der Waals surface area contributed by atoms with E-state index in [1.54, 1.807) is 6.08 Å². The first-order chi connectivity index (χ1) is 10.5. The molecule has 1 unspecified atom stereocenters. The van der Waals surface area contributed by atoms with E-state index in [0.717, 1.165) is 18.4 Å². The number of benzene rings is 1. The van der Waals surface area contributed by atoms with Crippen LogP contribution in [-0.2, 0) is 16.0 Å². The number of aliphatic carboxylic acids is 2. The van der Waals surface area contributed by atoms with Crippen molar-refractivity contribution in [3.05, 3.63) is 59.7 Å². The molecule has 1 aromatic carbocycles. The lowest BCUT2D eigenvalue weighted by Crippen LogP contribution is -2.13. The minimum atomic E-state index is -1.08. The Kier molecular flexibility index (Phi) is 7.09. The smallest absolute Gasteiger partial charge is 0.331 e. The van der Waals surface area contributed by atoms with Crippen molar-refractivity contribution in [3.63, 3.8) is 0 Å². The number of carboxylic acid groups (broad SMARTS) is 2. The van der Waals surface area contributed by atoms with Gasteiger partial charge in [-0.25, -0.2) is 9.59 Å². The number of carbonyl (C=O) groups is 2. The molecule has 1 aromatic rings. The quantitative estimate of drug-likeness (QED) is 0.682. The molecular weight excluding hydrogens is 280 g/mol. The number of hydrogen-bond donors (Lipinski definition) is 2. The summed E-state index contributed by atoms with van der Waals surface area (Å²) in [5.41, 5.74) is 1.13. The van der Waals surface area contributed by atoms with Crippen LogP contribution in [-0.4, -0.2) is 22.2 Å². The molecular formula is C18H22O4. The van der Waals surface area contributed by atoms with Crippen LogP contribution >= 0.6 is 0 Å². The van der Waals surface area contributed by atoms with E-state index in [-0.39, 0.29) is 17.6 Å². The summed E-state index contributed by atoms with van der Waals surface area (Å²) >= 11 is 0. The summed E-state index contributed by atoms with van der Waals surface area (Å²) in [5, 5.41) is 18.5. The molecule has 0 radical (unpaired) electrons. The Morgan fingerprint density at radius 1 is 1.18 bits per heavy atom. The zero-order valence-corrected chi connectivity index (χ0v) is 12.8. The number of carboxylic acids is 2. The third-order valence-electron chi connectivity index (χ3n) is 3.51. The van der Waals surface area contributed by atoms with Crippen molar-refractivity contribution in [1.29, 1.82) is 0 Å². The van der Waals surface area contributed by atoms with E-state index in [1.807, 2.05) is 37.3 Å². The minimum absolute atomic E-state index is 0.0419. The molecule has 4 nitrogen and oxygen atoms in total.